The van der Waals surface area contributed by atoms with Crippen molar-refractivity contribution in [3.63, 3.8) is 0 Å². The van der Waals surface area contributed by atoms with Crippen LogP contribution in [-0.2, 0) is 19.4 Å². The number of aliphatic hydroxyl groups excluding tert-OH is 1. The first-order valence-electron chi connectivity index (χ1n) is 8.29. The van der Waals surface area contributed by atoms with Gasteiger partial charge < -0.3 is 10.0 Å². The zero-order valence-electron chi connectivity index (χ0n) is 15.6. The lowest BCUT2D eigenvalue weighted by Gasteiger charge is -2.33. The number of sulfone groups is 1. The Balaban J connectivity index is 2.42. The molecule has 0 atom stereocenters. The first-order chi connectivity index (χ1) is 12.9. The maximum Gasteiger partial charge on any atom is 0.223 e. The quantitative estimate of drug-likeness (QED) is 0.746. The van der Waals surface area contributed by atoms with Crippen molar-refractivity contribution in [2.45, 2.75) is 25.5 Å². The van der Waals surface area contributed by atoms with E-state index in [4.69, 9.17) is 23.2 Å². The Labute approximate surface area is 173 Å². The van der Waals surface area contributed by atoms with Crippen LogP contribution in [0.15, 0.2) is 30.5 Å². The molecule has 2 heterocycles. The SMILES string of the molecule is CC(=O)N(C)c1c(Cl)ccc(C2=C(O)c3ncccc3C(C)(C)S2(=O)=O)c1Cl. The smallest absolute Gasteiger partial charge is 0.223 e. The normalized spacial score (nSPS) is 17.2. The van der Waals surface area contributed by atoms with Gasteiger partial charge in [0, 0.05) is 31.3 Å². The summed E-state index contributed by atoms with van der Waals surface area (Å²) in [6.07, 6.45) is 1.47. The van der Waals surface area contributed by atoms with Gasteiger partial charge >= 0.3 is 0 Å². The molecule has 0 unspecified atom stereocenters. The highest BCUT2D eigenvalue weighted by atomic mass is 35.5. The van der Waals surface area contributed by atoms with Gasteiger partial charge in [-0.3, -0.25) is 9.78 Å². The largest absolute Gasteiger partial charge is 0.504 e. The Morgan fingerprint density at radius 3 is 2.46 bits per heavy atom. The Morgan fingerprint density at radius 2 is 1.86 bits per heavy atom. The van der Waals surface area contributed by atoms with Gasteiger partial charge in [-0.15, -0.1) is 0 Å². The number of hydrogen-bond acceptors (Lipinski definition) is 5. The number of halogens is 2. The number of pyridine rings is 1. The van der Waals surface area contributed by atoms with E-state index in [1.165, 1.54) is 37.2 Å². The molecular weight excluding hydrogens is 423 g/mol. The maximum absolute atomic E-state index is 13.4. The third kappa shape index (κ3) is 2.80. The summed E-state index contributed by atoms with van der Waals surface area (Å²) in [5, 5.41) is 11.0. The fourth-order valence-electron chi connectivity index (χ4n) is 3.17. The molecule has 0 fully saturated rings. The minimum Gasteiger partial charge on any atom is -0.504 e. The molecule has 148 valence electrons. The van der Waals surface area contributed by atoms with Gasteiger partial charge in [-0.25, -0.2) is 8.42 Å². The molecule has 0 saturated carbocycles. The van der Waals surface area contributed by atoms with Crippen LogP contribution in [0.3, 0.4) is 0 Å². The van der Waals surface area contributed by atoms with E-state index >= 15 is 0 Å². The van der Waals surface area contributed by atoms with Crippen molar-refractivity contribution in [3.8, 4) is 0 Å². The highest BCUT2D eigenvalue weighted by molar-refractivity contribution is 8.01. The number of carbonyl (C=O) groups is 1. The second kappa shape index (κ2) is 6.76. The van der Waals surface area contributed by atoms with Crippen LogP contribution in [-0.4, -0.2) is 31.5 Å². The highest BCUT2D eigenvalue weighted by Crippen LogP contribution is 2.50. The van der Waals surface area contributed by atoms with E-state index in [2.05, 4.69) is 4.98 Å². The summed E-state index contributed by atoms with van der Waals surface area (Å²) in [5.41, 5.74) is 0.775. The zero-order chi connectivity index (χ0) is 21.0. The van der Waals surface area contributed by atoms with Gasteiger partial charge in [-0.05, 0) is 26.0 Å². The molecule has 0 radical (unpaired) electrons. The number of anilines is 1. The van der Waals surface area contributed by atoms with E-state index in [-0.39, 0.29) is 37.8 Å². The predicted octanol–water partition coefficient (Wildman–Crippen LogP) is 4.42. The molecule has 28 heavy (non-hydrogen) atoms. The molecule has 1 aliphatic heterocycles. The third-order valence-corrected chi connectivity index (χ3v) is 8.16. The number of hydrogen-bond donors (Lipinski definition) is 1. The van der Waals surface area contributed by atoms with E-state index in [0.717, 1.165) is 0 Å². The summed E-state index contributed by atoms with van der Waals surface area (Å²) in [4.78, 5) is 16.9. The number of rotatable bonds is 2. The summed E-state index contributed by atoms with van der Waals surface area (Å²) >= 11 is 12.7. The number of benzene rings is 1. The van der Waals surface area contributed by atoms with Gasteiger partial charge in [0.05, 0.1) is 20.5 Å². The van der Waals surface area contributed by atoms with Crippen LogP contribution in [0.25, 0.3) is 10.7 Å². The van der Waals surface area contributed by atoms with Crippen molar-refractivity contribution < 1.29 is 18.3 Å². The van der Waals surface area contributed by atoms with Crippen molar-refractivity contribution in [2.24, 2.45) is 0 Å². The molecule has 1 aliphatic rings. The number of aliphatic hydroxyl groups is 1. The second-order valence-corrected chi connectivity index (χ2v) is 10.1. The number of carbonyl (C=O) groups excluding carboxylic acids is 1. The van der Waals surface area contributed by atoms with Gasteiger partial charge in [0.15, 0.2) is 15.6 Å². The van der Waals surface area contributed by atoms with Crippen molar-refractivity contribution >= 4 is 55.3 Å². The summed E-state index contributed by atoms with van der Waals surface area (Å²) in [6, 6.07) is 6.08. The molecule has 1 aromatic heterocycles. The van der Waals surface area contributed by atoms with Crippen LogP contribution in [0.4, 0.5) is 5.69 Å². The fraction of sp³-hybridized carbons (Fsp3) is 0.263. The first kappa shape index (κ1) is 20.6. The highest BCUT2D eigenvalue weighted by Gasteiger charge is 2.48. The van der Waals surface area contributed by atoms with Crippen molar-refractivity contribution in [3.05, 3.63) is 57.3 Å². The average Bonchev–Trinajstić information content (AvgIpc) is 2.62. The average molecular weight is 441 g/mol. The second-order valence-electron chi connectivity index (χ2n) is 6.93. The molecule has 0 aliphatic carbocycles. The Kier molecular flexibility index (Phi) is 4.98. The lowest BCUT2D eigenvalue weighted by atomic mass is 9.98. The molecular formula is C19H18Cl2N2O4S. The topological polar surface area (TPSA) is 87.6 Å². The summed E-state index contributed by atoms with van der Waals surface area (Å²) in [6.45, 7) is 4.42. The van der Waals surface area contributed by atoms with Gasteiger partial charge in [0.25, 0.3) is 0 Å². The van der Waals surface area contributed by atoms with Crippen LogP contribution in [0, 0.1) is 0 Å². The maximum atomic E-state index is 13.4. The van der Waals surface area contributed by atoms with E-state index < -0.39 is 20.3 Å². The first-order valence-corrected chi connectivity index (χ1v) is 10.5. The molecule has 0 bridgehead atoms. The van der Waals surface area contributed by atoms with Crippen molar-refractivity contribution in [2.75, 3.05) is 11.9 Å². The van der Waals surface area contributed by atoms with E-state index in [0.29, 0.717) is 5.56 Å². The van der Waals surface area contributed by atoms with Gasteiger partial charge in [-0.2, -0.15) is 0 Å². The lowest BCUT2D eigenvalue weighted by molar-refractivity contribution is -0.116. The molecule has 3 rings (SSSR count). The van der Waals surface area contributed by atoms with Gasteiger partial charge in [-0.1, -0.05) is 35.3 Å². The van der Waals surface area contributed by atoms with Crippen LogP contribution in [0.1, 0.15) is 37.6 Å². The van der Waals surface area contributed by atoms with Crippen LogP contribution >= 0.6 is 23.2 Å². The predicted molar refractivity (Wildman–Crippen MR) is 111 cm³/mol. The molecule has 2 aromatic rings. The Bertz CT molecular complexity index is 1140. The summed E-state index contributed by atoms with van der Waals surface area (Å²) < 4.78 is 25.5. The molecule has 0 spiro atoms. The monoisotopic (exact) mass is 440 g/mol. The number of nitrogens with zero attached hydrogens (tertiary/aromatic N) is 2. The minimum atomic E-state index is -4.06. The van der Waals surface area contributed by atoms with E-state index in [1.807, 2.05) is 0 Å². The molecule has 1 aromatic carbocycles. The van der Waals surface area contributed by atoms with Crippen LogP contribution in [0.5, 0.6) is 0 Å². The number of aromatic nitrogens is 1. The standard InChI is InChI=1S/C19H18Cl2N2O4S/c1-10(24)23(4)16-13(20)8-7-11(14(16)21)18-17(25)15-12(6-5-9-22-15)19(2,3)28(18,26)27/h5-9,25H,1-4H3. The molecule has 6 nitrogen and oxygen atoms in total. The van der Waals surface area contributed by atoms with Gasteiger partial charge in [0.2, 0.25) is 5.91 Å². The van der Waals surface area contributed by atoms with E-state index in [1.54, 1.807) is 26.0 Å². The Hall–Kier alpha value is -2.09. The van der Waals surface area contributed by atoms with E-state index in [9.17, 15) is 18.3 Å². The third-order valence-electron chi connectivity index (χ3n) is 4.96. The van der Waals surface area contributed by atoms with Gasteiger partial charge in [0.1, 0.15) is 10.6 Å². The van der Waals surface area contributed by atoms with Crippen LogP contribution < -0.4 is 4.90 Å². The molecule has 9 heteroatoms. The van der Waals surface area contributed by atoms with Crippen molar-refractivity contribution in [1.82, 2.24) is 4.98 Å². The zero-order valence-corrected chi connectivity index (χ0v) is 17.9. The Morgan fingerprint density at radius 1 is 1.21 bits per heavy atom. The molecule has 1 N–H and O–H groups in total. The number of amides is 1. The summed E-state index contributed by atoms with van der Waals surface area (Å²) in [7, 11) is -2.58. The summed E-state index contributed by atoms with van der Waals surface area (Å²) in [5.74, 6) is -0.825. The molecule has 0 saturated heterocycles. The number of fused-ring (bicyclic) bond motifs is 1. The molecule has 1 amide bonds. The fourth-order valence-corrected chi connectivity index (χ4v) is 5.72. The van der Waals surface area contributed by atoms with Crippen molar-refractivity contribution in [1.29, 1.82) is 0 Å². The minimum absolute atomic E-state index is 0.0505. The van der Waals surface area contributed by atoms with Crippen LogP contribution in [0.2, 0.25) is 10.0 Å². The lowest BCUT2D eigenvalue weighted by Crippen LogP contribution is -2.35.